The van der Waals surface area contributed by atoms with Gasteiger partial charge in [-0.3, -0.25) is 0 Å². The Morgan fingerprint density at radius 2 is 0.643 bits per heavy atom. The first-order valence-electron chi connectivity index (χ1n) is 19.1. The zero-order valence-electron chi connectivity index (χ0n) is 30.7. The third-order valence-corrected chi connectivity index (χ3v) is 11.9. The highest BCUT2D eigenvalue weighted by Gasteiger charge is 2.18. The van der Waals surface area contributed by atoms with Crippen molar-refractivity contribution in [1.29, 1.82) is 0 Å². The minimum Gasteiger partial charge on any atom is -0.311 e. The van der Waals surface area contributed by atoms with Gasteiger partial charge in [-0.15, -0.1) is 11.3 Å². The summed E-state index contributed by atoms with van der Waals surface area (Å²) in [6.45, 7) is 0. The Balaban J connectivity index is 1.07. The minimum atomic E-state index is 1.10. The molecule has 2 heteroatoms. The summed E-state index contributed by atoms with van der Waals surface area (Å²) < 4.78 is 2.63. The standard InChI is InChI=1S/C54H37NS/c1-4-12-38(13-5-1)41-20-22-45(23-21-41)53-49(36-37-51-50-18-10-11-19-52(50)56-54(51)53)44-28-34-48(35-29-44)55(46-30-24-42(25-31-46)39-14-6-2-7-15-39)47-32-26-43(27-33-47)40-16-8-3-9-17-40/h1-37H. The molecular formula is C54H37NS. The Bertz CT molecular complexity index is 2810. The van der Waals surface area contributed by atoms with E-state index in [1.165, 1.54) is 75.8 Å². The maximum Gasteiger partial charge on any atom is 0.0462 e. The van der Waals surface area contributed by atoms with Crippen LogP contribution >= 0.6 is 11.3 Å². The maximum atomic E-state index is 2.35. The van der Waals surface area contributed by atoms with Crippen LogP contribution < -0.4 is 4.90 Å². The lowest BCUT2D eigenvalue weighted by Crippen LogP contribution is -2.09. The molecule has 10 rings (SSSR count). The van der Waals surface area contributed by atoms with Crippen molar-refractivity contribution in [3.05, 3.63) is 224 Å². The van der Waals surface area contributed by atoms with Crippen LogP contribution in [-0.2, 0) is 0 Å². The van der Waals surface area contributed by atoms with Crippen LogP contribution in [0.5, 0.6) is 0 Å². The lowest BCUT2D eigenvalue weighted by Gasteiger charge is -2.26. The van der Waals surface area contributed by atoms with Crippen LogP contribution in [0.25, 0.3) is 75.8 Å². The van der Waals surface area contributed by atoms with Crippen molar-refractivity contribution in [2.45, 2.75) is 0 Å². The fourth-order valence-corrected chi connectivity index (χ4v) is 9.15. The molecule has 9 aromatic carbocycles. The molecule has 0 atom stereocenters. The Kier molecular flexibility index (Phi) is 8.79. The van der Waals surface area contributed by atoms with Crippen molar-refractivity contribution < 1.29 is 0 Å². The van der Waals surface area contributed by atoms with Crippen LogP contribution in [0.2, 0.25) is 0 Å². The van der Waals surface area contributed by atoms with Gasteiger partial charge in [0.15, 0.2) is 0 Å². The zero-order valence-corrected chi connectivity index (χ0v) is 31.5. The van der Waals surface area contributed by atoms with E-state index < -0.39 is 0 Å². The number of benzene rings is 9. The minimum absolute atomic E-state index is 1.10. The molecule has 1 aromatic heterocycles. The third-order valence-electron chi connectivity index (χ3n) is 10.7. The Hall–Kier alpha value is -7.00. The van der Waals surface area contributed by atoms with E-state index in [-0.39, 0.29) is 0 Å². The highest BCUT2D eigenvalue weighted by molar-refractivity contribution is 7.26. The molecule has 0 unspecified atom stereocenters. The molecule has 0 bridgehead atoms. The number of hydrogen-bond donors (Lipinski definition) is 0. The Morgan fingerprint density at radius 3 is 1.12 bits per heavy atom. The average Bonchev–Trinajstić information content (AvgIpc) is 3.67. The van der Waals surface area contributed by atoms with E-state index in [1.54, 1.807) is 0 Å². The van der Waals surface area contributed by atoms with Crippen LogP contribution in [-0.4, -0.2) is 0 Å². The van der Waals surface area contributed by atoms with Gasteiger partial charge < -0.3 is 4.90 Å². The molecule has 1 heterocycles. The SMILES string of the molecule is c1ccc(-c2ccc(-c3c(-c4ccc(N(c5ccc(-c6ccccc6)cc5)c5ccc(-c6ccccc6)cc5)cc4)ccc4c3sc3ccccc34)cc2)cc1. The van der Waals surface area contributed by atoms with Gasteiger partial charge in [0.2, 0.25) is 0 Å². The van der Waals surface area contributed by atoms with Gasteiger partial charge >= 0.3 is 0 Å². The monoisotopic (exact) mass is 731 g/mol. The largest absolute Gasteiger partial charge is 0.311 e. The number of anilines is 3. The van der Waals surface area contributed by atoms with E-state index in [0.29, 0.717) is 0 Å². The van der Waals surface area contributed by atoms with Crippen molar-refractivity contribution in [1.82, 2.24) is 0 Å². The van der Waals surface area contributed by atoms with Crippen LogP contribution in [0.15, 0.2) is 224 Å². The molecule has 0 radical (unpaired) electrons. The van der Waals surface area contributed by atoms with Gasteiger partial charge in [0, 0.05) is 42.8 Å². The smallest absolute Gasteiger partial charge is 0.0462 e. The quantitative estimate of drug-likeness (QED) is 0.150. The molecule has 0 aliphatic carbocycles. The molecule has 0 spiro atoms. The molecule has 0 aliphatic rings. The Labute approximate surface area is 332 Å². The summed E-state index contributed by atoms with van der Waals surface area (Å²) in [5.41, 5.74) is 15.5. The normalized spacial score (nSPS) is 11.2. The predicted octanol–water partition coefficient (Wildman–Crippen LogP) is 15.9. The summed E-state index contributed by atoms with van der Waals surface area (Å²) in [5, 5.41) is 2.61. The second-order valence-corrected chi connectivity index (χ2v) is 15.2. The van der Waals surface area contributed by atoms with Gasteiger partial charge in [0.25, 0.3) is 0 Å². The summed E-state index contributed by atoms with van der Waals surface area (Å²) in [6.07, 6.45) is 0. The fourth-order valence-electron chi connectivity index (χ4n) is 7.88. The van der Waals surface area contributed by atoms with E-state index in [9.17, 15) is 0 Å². The first-order valence-corrected chi connectivity index (χ1v) is 19.9. The molecule has 0 aliphatic heterocycles. The van der Waals surface area contributed by atoms with E-state index in [1.807, 2.05) is 11.3 Å². The van der Waals surface area contributed by atoms with Gasteiger partial charge in [0.1, 0.15) is 0 Å². The second-order valence-electron chi connectivity index (χ2n) is 14.1. The summed E-state index contributed by atoms with van der Waals surface area (Å²) in [4.78, 5) is 2.35. The van der Waals surface area contributed by atoms with Gasteiger partial charge in [-0.05, 0) is 92.5 Å². The first kappa shape index (κ1) is 33.6. The topological polar surface area (TPSA) is 3.24 Å². The number of rotatable bonds is 8. The van der Waals surface area contributed by atoms with Crippen LogP contribution in [0.1, 0.15) is 0 Å². The zero-order chi connectivity index (χ0) is 37.3. The molecule has 10 aromatic rings. The molecule has 0 saturated heterocycles. The lowest BCUT2D eigenvalue weighted by molar-refractivity contribution is 1.28. The van der Waals surface area contributed by atoms with Crippen molar-refractivity contribution in [2.75, 3.05) is 4.90 Å². The molecular weight excluding hydrogens is 695 g/mol. The molecule has 0 saturated carbocycles. The highest BCUT2D eigenvalue weighted by atomic mass is 32.1. The van der Waals surface area contributed by atoms with Gasteiger partial charge in [-0.25, -0.2) is 0 Å². The third kappa shape index (κ3) is 6.36. The number of hydrogen-bond acceptors (Lipinski definition) is 2. The highest BCUT2D eigenvalue weighted by Crippen LogP contribution is 2.46. The maximum absolute atomic E-state index is 2.35. The van der Waals surface area contributed by atoms with Gasteiger partial charge in [0.05, 0.1) is 0 Å². The molecule has 0 N–H and O–H groups in total. The predicted molar refractivity (Wildman–Crippen MR) is 241 cm³/mol. The summed E-state index contributed by atoms with van der Waals surface area (Å²) >= 11 is 1.89. The summed E-state index contributed by atoms with van der Waals surface area (Å²) in [7, 11) is 0. The van der Waals surface area contributed by atoms with E-state index >= 15 is 0 Å². The summed E-state index contributed by atoms with van der Waals surface area (Å²) in [5.74, 6) is 0. The number of thiophene rings is 1. The van der Waals surface area contributed by atoms with Crippen LogP contribution in [0.3, 0.4) is 0 Å². The van der Waals surface area contributed by atoms with Crippen molar-refractivity contribution >= 4 is 48.6 Å². The van der Waals surface area contributed by atoms with Crippen LogP contribution in [0, 0.1) is 0 Å². The van der Waals surface area contributed by atoms with Crippen molar-refractivity contribution in [2.24, 2.45) is 0 Å². The first-order chi connectivity index (χ1) is 27.8. The van der Waals surface area contributed by atoms with E-state index in [2.05, 4.69) is 229 Å². The van der Waals surface area contributed by atoms with Gasteiger partial charge in [-0.2, -0.15) is 0 Å². The number of fused-ring (bicyclic) bond motifs is 3. The van der Waals surface area contributed by atoms with Crippen molar-refractivity contribution in [3.63, 3.8) is 0 Å². The average molecular weight is 732 g/mol. The molecule has 0 fully saturated rings. The lowest BCUT2D eigenvalue weighted by atomic mass is 9.91. The molecule has 1 nitrogen and oxygen atoms in total. The molecule has 264 valence electrons. The van der Waals surface area contributed by atoms with Gasteiger partial charge in [-0.1, -0.05) is 182 Å². The van der Waals surface area contributed by atoms with E-state index in [4.69, 9.17) is 0 Å². The fraction of sp³-hybridized carbons (Fsp3) is 0. The molecule has 0 amide bonds. The second kappa shape index (κ2) is 14.7. The number of nitrogens with zero attached hydrogens (tertiary/aromatic N) is 1. The van der Waals surface area contributed by atoms with E-state index in [0.717, 1.165) is 17.1 Å². The molecule has 56 heavy (non-hydrogen) atoms. The summed E-state index contributed by atoms with van der Waals surface area (Å²) in [6, 6.07) is 81.2. The van der Waals surface area contributed by atoms with Crippen molar-refractivity contribution in [3.8, 4) is 55.6 Å². The van der Waals surface area contributed by atoms with Crippen LogP contribution in [0.4, 0.5) is 17.1 Å². The Morgan fingerprint density at radius 1 is 0.268 bits per heavy atom.